The van der Waals surface area contributed by atoms with E-state index in [1.54, 1.807) is 0 Å². The number of Topliss-reactive ketones (excluding diaryl/α,β-unsaturated/α-hetero) is 1. The van der Waals surface area contributed by atoms with Gasteiger partial charge in [-0.1, -0.05) is 23.2 Å². The molecule has 1 fully saturated rings. The third-order valence-corrected chi connectivity index (χ3v) is 5.34. The molecule has 0 bridgehead atoms. The van der Waals surface area contributed by atoms with Gasteiger partial charge in [0.05, 0.1) is 21.5 Å². The number of carbonyl (C=O) groups is 1. The first-order chi connectivity index (χ1) is 8.90. The maximum atomic E-state index is 12.1. The van der Waals surface area contributed by atoms with Crippen molar-refractivity contribution in [1.82, 2.24) is 0 Å². The van der Waals surface area contributed by atoms with Gasteiger partial charge in [0, 0.05) is 12.5 Å². The van der Waals surface area contributed by atoms with E-state index in [4.69, 9.17) is 27.9 Å². The average molecular weight is 323 g/mol. The zero-order valence-electron chi connectivity index (χ0n) is 9.93. The van der Waals surface area contributed by atoms with Crippen LogP contribution in [0.25, 0.3) is 0 Å². The van der Waals surface area contributed by atoms with Gasteiger partial charge in [-0.25, -0.2) is 8.42 Å². The van der Waals surface area contributed by atoms with E-state index in [1.807, 2.05) is 0 Å². The molecule has 1 aromatic carbocycles. The molecule has 0 saturated carbocycles. The van der Waals surface area contributed by atoms with Gasteiger partial charge >= 0.3 is 0 Å². The lowest BCUT2D eigenvalue weighted by Crippen LogP contribution is -2.24. The summed E-state index contributed by atoms with van der Waals surface area (Å²) < 4.78 is 29.3. The summed E-state index contributed by atoms with van der Waals surface area (Å²) in [5, 5.41) is 0.426. The number of hydrogen-bond donors (Lipinski definition) is 0. The van der Waals surface area contributed by atoms with Crippen LogP contribution in [-0.2, 0) is 19.4 Å². The molecule has 0 aromatic heterocycles. The molecule has 0 spiro atoms. The molecule has 7 heteroatoms. The van der Waals surface area contributed by atoms with Crippen LogP contribution in [0.15, 0.2) is 23.1 Å². The molecule has 1 aliphatic rings. The second kappa shape index (κ2) is 5.79. The Bertz CT molecular complexity index is 592. The van der Waals surface area contributed by atoms with Crippen LogP contribution in [0.4, 0.5) is 0 Å². The molecule has 1 aliphatic heterocycles. The van der Waals surface area contributed by atoms with Gasteiger partial charge < -0.3 is 4.74 Å². The predicted octanol–water partition coefficient (Wildman–Crippen LogP) is 2.37. The smallest absolute Gasteiger partial charge is 0.185 e. The standard InChI is InChI=1S/C12H12Cl2O4S/c13-10-2-1-9(5-11(10)14)19(16,17)7-12(15)8-3-4-18-6-8/h1-2,5,8H,3-4,6-7H2. The molecule has 1 heterocycles. The van der Waals surface area contributed by atoms with E-state index in [9.17, 15) is 13.2 Å². The van der Waals surface area contributed by atoms with Crippen molar-refractivity contribution in [2.75, 3.05) is 19.0 Å². The quantitative estimate of drug-likeness (QED) is 0.853. The van der Waals surface area contributed by atoms with E-state index in [2.05, 4.69) is 0 Å². The molecule has 0 radical (unpaired) electrons. The lowest BCUT2D eigenvalue weighted by Gasteiger charge is -2.08. The molecule has 0 aliphatic carbocycles. The molecule has 2 rings (SSSR count). The van der Waals surface area contributed by atoms with Crippen LogP contribution in [0.2, 0.25) is 10.0 Å². The number of ketones is 1. The Kier molecular flexibility index (Phi) is 4.50. The molecular formula is C12H12Cl2O4S. The summed E-state index contributed by atoms with van der Waals surface area (Å²) in [7, 11) is -3.68. The number of rotatable bonds is 4. The van der Waals surface area contributed by atoms with Crippen molar-refractivity contribution in [3.05, 3.63) is 28.2 Å². The Labute approximate surface area is 121 Å². The van der Waals surface area contributed by atoms with Gasteiger partial charge in [-0.05, 0) is 24.6 Å². The molecule has 19 heavy (non-hydrogen) atoms. The SMILES string of the molecule is O=C(CS(=O)(=O)c1ccc(Cl)c(Cl)c1)C1CCOC1. The van der Waals surface area contributed by atoms with Gasteiger partial charge in [0.1, 0.15) is 5.75 Å². The third kappa shape index (κ3) is 3.48. The zero-order chi connectivity index (χ0) is 14.0. The molecule has 1 unspecified atom stereocenters. The number of ether oxygens (including phenoxy) is 1. The minimum Gasteiger partial charge on any atom is -0.381 e. The van der Waals surface area contributed by atoms with Crippen LogP contribution in [0.1, 0.15) is 6.42 Å². The largest absolute Gasteiger partial charge is 0.381 e. The van der Waals surface area contributed by atoms with Gasteiger partial charge in [-0.2, -0.15) is 0 Å². The van der Waals surface area contributed by atoms with E-state index >= 15 is 0 Å². The first-order valence-corrected chi connectivity index (χ1v) is 8.09. The molecule has 4 nitrogen and oxygen atoms in total. The lowest BCUT2D eigenvalue weighted by molar-refractivity contribution is -0.120. The number of carbonyl (C=O) groups excluding carboxylic acids is 1. The maximum absolute atomic E-state index is 12.1. The molecule has 1 atom stereocenters. The molecule has 104 valence electrons. The Hall–Kier alpha value is -0.620. The first-order valence-electron chi connectivity index (χ1n) is 5.68. The number of benzene rings is 1. The van der Waals surface area contributed by atoms with Gasteiger partial charge in [0.2, 0.25) is 0 Å². The monoisotopic (exact) mass is 322 g/mol. The molecule has 1 aromatic rings. The Morgan fingerprint density at radius 3 is 2.63 bits per heavy atom. The van der Waals surface area contributed by atoms with E-state index in [0.29, 0.717) is 19.6 Å². The Morgan fingerprint density at radius 2 is 2.05 bits per heavy atom. The van der Waals surface area contributed by atoms with E-state index in [-0.39, 0.29) is 26.6 Å². The van der Waals surface area contributed by atoms with E-state index in [0.717, 1.165) is 0 Å². The number of hydrogen-bond acceptors (Lipinski definition) is 4. The average Bonchev–Trinajstić information content (AvgIpc) is 2.85. The van der Waals surface area contributed by atoms with Gasteiger partial charge in [-0.15, -0.1) is 0 Å². The Morgan fingerprint density at radius 1 is 1.32 bits per heavy atom. The summed E-state index contributed by atoms with van der Waals surface area (Å²) in [6, 6.07) is 4.01. The first kappa shape index (κ1) is 14.8. The minimum absolute atomic E-state index is 0.00849. The summed E-state index contributed by atoms with van der Waals surface area (Å²) in [5.74, 6) is -1.17. The van der Waals surface area contributed by atoms with Crippen molar-refractivity contribution < 1.29 is 17.9 Å². The highest BCUT2D eigenvalue weighted by atomic mass is 35.5. The normalized spacial score (nSPS) is 19.6. The van der Waals surface area contributed by atoms with E-state index < -0.39 is 15.6 Å². The fourth-order valence-corrected chi connectivity index (χ4v) is 3.56. The minimum atomic E-state index is -3.68. The predicted molar refractivity (Wildman–Crippen MR) is 72.4 cm³/mol. The second-order valence-electron chi connectivity index (χ2n) is 4.36. The summed E-state index contributed by atoms with van der Waals surface area (Å²) >= 11 is 11.5. The number of halogens is 2. The maximum Gasteiger partial charge on any atom is 0.185 e. The fraction of sp³-hybridized carbons (Fsp3) is 0.417. The van der Waals surface area contributed by atoms with Crippen molar-refractivity contribution in [3.8, 4) is 0 Å². The van der Waals surface area contributed by atoms with Crippen LogP contribution in [0.3, 0.4) is 0 Å². The van der Waals surface area contributed by atoms with Gasteiger partial charge in [0.15, 0.2) is 15.6 Å². The molecule has 1 saturated heterocycles. The van der Waals surface area contributed by atoms with Crippen molar-refractivity contribution in [2.45, 2.75) is 11.3 Å². The summed E-state index contributed by atoms with van der Waals surface area (Å²) in [5.41, 5.74) is 0. The Balaban J connectivity index is 2.17. The van der Waals surface area contributed by atoms with Crippen molar-refractivity contribution in [3.63, 3.8) is 0 Å². The highest BCUT2D eigenvalue weighted by Gasteiger charge is 2.28. The van der Waals surface area contributed by atoms with Crippen LogP contribution < -0.4 is 0 Å². The summed E-state index contributed by atoms with van der Waals surface area (Å²) in [6.07, 6.45) is 0.579. The molecule has 0 N–H and O–H groups in total. The number of sulfone groups is 1. The summed E-state index contributed by atoms with van der Waals surface area (Å²) in [4.78, 5) is 11.9. The van der Waals surface area contributed by atoms with Crippen molar-refractivity contribution >= 4 is 38.8 Å². The summed E-state index contributed by atoms with van der Waals surface area (Å²) in [6.45, 7) is 0.805. The van der Waals surface area contributed by atoms with Gasteiger partial charge in [-0.3, -0.25) is 4.79 Å². The second-order valence-corrected chi connectivity index (χ2v) is 7.17. The van der Waals surface area contributed by atoms with Crippen LogP contribution in [0.5, 0.6) is 0 Å². The topological polar surface area (TPSA) is 60.4 Å². The fourth-order valence-electron chi connectivity index (χ4n) is 1.85. The lowest BCUT2D eigenvalue weighted by atomic mass is 10.1. The highest BCUT2D eigenvalue weighted by Crippen LogP contribution is 2.26. The molecular weight excluding hydrogens is 311 g/mol. The zero-order valence-corrected chi connectivity index (χ0v) is 12.3. The highest BCUT2D eigenvalue weighted by molar-refractivity contribution is 7.92. The van der Waals surface area contributed by atoms with Crippen LogP contribution in [-0.4, -0.2) is 33.2 Å². The van der Waals surface area contributed by atoms with E-state index in [1.165, 1.54) is 18.2 Å². The molecule has 0 amide bonds. The third-order valence-electron chi connectivity index (χ3n) is 2.97. The van der Waals surface area contributed by atoms with Crippen LogP contribution in [0, 0.1) is 5.92 Å². The van der Waals surface area contributed by atoms with Crippen molar-refractivity contribution in [2.24, 2.45) is 5.92 Å². The van der Waals surface area contributed by atoms with Gasteiger partial charge in [0.25, 0.3) is 0 Å². The van der Waals surface area contributed by atoms with Crippen LogP contribution >= 0.6 is 23.2 Å². The van der Waals surface area contributed by atoms with Crippen molar-refractivity contribution in [1.29, 1.82) is 0 Å².